The summed E-state index contributed by atoms with van der Waals surface area (Å²) in [5.74, 6) is 0. The SMILES string of the molecule is c1ccc(-c2ccc(-c3ccccc3N(c3ccc(-c4cccc5c4c4ccccc4n5-c4ccccc4)cc3)c3ccccc3-c3ccccc3-c3ccccc3-c3ccccc3)cc2)cc1. The van der Waals surface area contributed by atoms with Crippen LogP contribution in [-0.2, 0) is 0 Å². The van der Waals surface area contributed by atoms with Gasteiger partial charge in [-0.05, 0) is 104 Å². The van der Waals surface area contributed by atoms with Gasteiger partial charge in [-0.15, -0.1) is 0 Å². The molecule has 0 saturated carbocycles. The van der Waals surface area contributed by atoms with Crippen LogP contribution in [0.1, 0.15) is 0 Å². The summed E-state index contributed by atoms with van der Waals surface area (Å²) < 4.78 is 2.39. The van der Waals surface area contributed by atoms with Crippen molar-refractivity contribution in [2.24, 2.45) is 0 Å². The monoisotopic (exact) mass is 866 g/mol. The summed E-state index contributed by atoms with van der Waals surface area (Å²) in [6.45, 7) is 0. The quantitative estimate of drug-likeness (QED) is 0.133. The highest BCUT2D eigenvalue weighted by atomic mass is 15.1. The minimum Gasteiger partial charge on any atom is -0.309 e. The van der Waals surface area contributed by atoms with E-state index in [-0.39, 0.29) is 0 Å². The molecule has 320 valence electrons. The van der Waals surface area contributed by atoms with Crippen LogP contribution < -0.4 is 4.90 Å². The molecule has 1 aromatic heterocycles. The lowest BCUT2D eigenvalue weighted by Gasteiger charge is -2.30. The Hall–Kier alpha value is -8.98. The lowest BCUT2D eigenvalue weighted by molar-refractivity contribution is 1.18. The number of anilines is 3. The van der Waals surface area contributed by atoms with Crippen molar-refractivity contribution in [3.8, 4) is 72.4 Å². The molecular formula is C66H46N2. The van der Waals surface area contributed by atoms with Crippen LogP contribution in [0.15, 0.2) is 279 Å². The molecular weight excluding hydrogens is 821 g/mol. The number of benzene rings is 11. The second-order valence-corrected chi connectivity index (χ2v) is 17.2. The van der Waals surface area contributed by atoms with Crippen LogP contribution in [0.3, 0.4) is 0 Å². The van der Waals surface area contributed by atoms with E-state index in [0.717, 1.165) is 45.0 Å². The van der Waals surface area contributed by atoms with Crippen molar-refractivity contribution < 1.29 is 0 Å². The van der Waals surface area contributed by atoms with Crippen molar-refractivity contribution in [2.75, 3.05) is 4.90 Å². The van der Waals surface area contributed by atoms with Crippen LogP contribution in [0.2, 0.25) is 0 Å². The second kappa shape index (κ2) is 17.8. The van der Waals surface area contributed by atoms with Crippen LogP contribution >= 0.6 is 0 Å². The predicted octanol–water partition coefficient (Wildman–Crippen LogP) is 18.3. The molecule has 12 aromatic rings. The Labute approximate surface area is 397 Å². The van der Waals surface area contributed by atoms with E-state index in [0.29, 0.717) is 0 Å². The van der Waals surface area contributed by atoms with Crippen molar-refractivity contribution in [3.05, 3.63) is 279 Å². The normalized spacial score (nSPS) is 11.2. The molecule has 0 fully saturated rings. The van der Waals surface area contributed by atoms with Gasteiger partial charge >= 0.3 is 0 Å². The zero-order valence-corrected chi connectivity index (χ0v) is 37.5. The van der Waals surface area contributed by atoms with Crippen LogP contribution in [0, 0.1) is 0 Å². The van der Waals surface area contributed by atoms with E-state index in [1.54, 1.807) is 0 Å². The molecule has 12 rings (SSSR count). The highest BCUT2D eigenvalue weighted by molar-refractivity contribution is 6.16. The molecule has 0 radical (unpaired) electrons. The second-order valence-electron chi connectivity index (χ2n) is 17.2. The molecule has 0 unspecified atom stereocenters. The highest BCUT2D eigenvalue weighted by Gasteiger charge is 2.23. The topological polar surface area (TPSA) is 8.17 Å². The van der Waals surface area contributed by atoms with Crippen molar-refractivity contribution in [3.63, 3.8) is 0 Å². The number of hydrogen-bond acceptors (Lipinski definition) is 1. The molecule has 2 heteroatoms. The van der Waals surface area contributed by atoms with Gasteiger partial charge in [0.25, 0.3) is 0 Å². The lowest BCUT2D eigenvalue weighted by atomic mass is 9.88. The first-order valence-corrected chi connectivity index (χ1v) is 23.3. The standard InChI is InChI=1S/C66H46N2/c1-4-21-47(22-5-1)48-39-41-50(42-40-48)55-28-14-17-35-62(55)67(63-36-18-15-32-60(63)59-31-13-12-30-58(59)57-29-11-10-27-54(57)49-23-6-2-7-24-49)53-45-43-51(44-46-53)56-34-20-38-65-66(56)61-33-16-19-37-64(61)68(65)52-25-8-3-9-26-52/h1-46H. The predicted molar refractivity (Wildman–Crippen MR) is 288 cm³/mol. The van der Waals surface area contributed by atoms with E-state index >= 15 is 0 Å². The van der Waals surface area contributed by atoms with Gasteiger partial charge in [-0.25, -0.2) is 0 Å². The fraction of sp³-hybridized carbons (Fsp3) is 0. The summed E-state index contributed by atoms with van der Waals surface area (Å²) in [6.07, 6.45) is 0. The van der Waals surface area contributed by atoms with E-state index in [2.05, 4.69) is 289 Å². The Morgan fingerprint density at radius 1 is 0.235 bits per heavy atom. The average Bonchev–Trinajstić information content (AvgIpc) is 3.77. The minimum atomic E-state index is 1.07. The van der Waals surface area contributed by atoms with Gasteiger partial charge in [0, 0.05) is 33.3 Å². The Morgan fingerprint density at radius 3 is 1.31 bits per heavy atom. The molecule has 1 heterocycles. The molecule has 0 N–H and O–H groups in total. The lowest BCUT2D eigenvalue weighted by Crippen LogP contribution is -2.12. The third kappa shape index (κ3) is 7.35. The Kier molecular flexibility index (Phi) is 10.6. The summed E-state index contributed by atoms with van der Waals surface area (Å²) >= 11 is 0. The number of nitrogens with zero attached hydrogens (tertiary/aromatic N) is 2. The molecule has 0 aliphatic rings. The number of para-hydroxylation sites is 4. The molecule has 0 aliphatic carbocycles. The molecule has 0 amide bonds. The summed E-state index contributed by atoms with van der Waals surface area (Å²) in [5, 5.41) is 2.49. The molecule has 0 spiro atoms. The number of hydrogen-bond donors (Lipinski definition) is 0. The molecule has 2 nitrogen and oxygen atoms in total. The minimum absolute atomic E-state index is 1.07. The first kappa shape index (κ1) is 40.5. The van der Waals surface area contributed by atoms with E-state index in [1.165, 1.54) is 66.3 Å². The molecule has 11 aromatic carbocycles. The smallest absolute Gasteiger partial charge is 0.0547 e. The maximum absolute atomic E-state index is 2.46. The third-order valence-electron chi connectivity index (χ3n) is 13.3. The van der Waals surface area contributed by atoms with Gasteiger partial charge in [0.05, 0.1) is 22.4 Å². The van der Waals surface area contributed by atoms with Crippen LogP contribution in [0.5, 0.6) is 0 Å². The van der Waals surface area contributed by atoms with Crippen LogP contribution in [0.4, 0.5) is 17.1 Å². The maximum Gasteiger partial charge on any atom is 0.0547 e. The molecule has 0 bridgehead atoms. The first-order chi connectivity index (χ1) is 33.8. The van der Waals surface area contributed by atoms with Crippen molar-refractivity contribution in [1.29, 1.82) is 0 Å². The van der Waals surface area contributed by atoms with E-state index in [4.69, 9.17) is 0 Å². The van der Waals surface area contributed by atoms with Gasteiger partial charge in [-0.2, -0.15) is 0 Å². The van der Waals surface area contributed by atoms with E-state index < -0.39 is 0 Å². The van der Waals surface area contributed by atoms with E-state index in [1.807, 2.05) is 0 Å². The first-order valence-electron chi connectivity index (χ1n) is 23.3. The van der Waals surface area contributed by atoms with Crippen molar-refractivity contribution in [1.82, 2.24) is 4.57 Å². The summed E-state index contributed by atoms with van der Waals surface area (Å²) in [5.41, 5.74) is 20.9. The van der Waals surface area contributed by atoms with Crippen LogP contribution in [0.25, 0.3) is 94.3 Å². The Morgan fingerprint density at radius 2 is 0.632 bits per heavy atom. The number of fused-ring (bicyclic) bond motifs is 3. The van der Waals surface area contributed by atoms with Gasteiger partial charge in [-0.3, -0.25) is 0 Å². The highest BCUT2D eigenvalue weighted by Crippen LogP contribution is 2.48. The molecule has 0 aliphatic heterocycles. The maximum atomic E-state index is 2.46. The van der Waals surface area contributed by atoms with Gasteiger partial charge < -0.3 is 9.47 Å². The third-order valence-corrected chi connectivity index (χ3v) is 13.3. The Bertz CT molecular complexity index is 3700. The fourth-order valence-electron chi connectivity index (χ4n) is 10.1. The van der Waals surface area contributed by atoms with E-state index in [9.17, 15) is 0 Å². The summed E-state index contributed by atoms with van der Waals surface area (Å²) in [7, 11) is 0. The van der Waals surface area contributed by atoms with Gasteiger partial charge in [0.2, 0.25) is 0 Å². The Balaban J connectivity index is 1.04. The molecule has 0 atom stereocenters. The average molecular weight is 867 g/mol. The molecule has 68 heavy (non-hydrogen) atoms. The molecule has 0 saturated heterocycles. The fourth-order valence-corrected chi connectivity index (χ4v) is 10.1. The van der Waals surface area contributed by atoms with Gasteiger partial charge in [0.1, 0.15) is 0 Å². The zero-order valence-electron chi connectivity index (χ0n) is 37.5. The van der Waals surface area contributed by atoms with Crippen molar-refractivity contribution >= 4 is 38.9 Å². The van der Waals surface area contributed by atoms with Crippen molar-refractivity contribution in [2.45, 2.75) is 0 Å². The zero-order chi connectivity index (χ0) is 45.2. The summed E-state index contributed by atoms with van der Waals surface area (Å²) in [6, 6.07) is 101. The number of rotatable bonds is 10. The largest absolute Gasteiger partial charge is 0.309 e. The number of aromatic nitrogens is 1. The van der Waals surface area contributed by atoms with Gasteiger partial charge in [0.15, 0.2) is 0 Å². The summed E-state index contributed by atoms with van der Waals surface area (Å²) in [4.78, 5) is 2.46. The van der Waals surface area contributed by atoms with Crippen LogP contribution in [-0.4, -0.2) is 4.57 Å². The van der Waals surface area contributed by atoms with Gasteiger partial charge in [-0.1, -0.05) is 231 Å².